The maximum absolute atomic E-state index is 10.4. The van der Waals surface area contributed by atoms with Crippen molar-refractivity contribution in [1.29, 1.82) is 0 Å². The number of allylic oxidation sites excluding steroid dienone is 10. The molecule has 0 heterocycles. The van der Waals surface area contributed by atoms with Crippen LogP contribution in [0.4, 0.5) is 0 Å². The lowest BCUT2D eigenvalue weighted by Gasteiger charge is -2.32. The summed E-state index contributed by atoms with van der Waals surface area (Å²) in [6.45, 7) is 5.17. The third-order valence-corrected chi connectivity index (χ3v) is 3.61. The van der Waals surface area contributed by atoms with Gasteiger partial charge in [0.15, 0.2) is 0 Å². The van der Waals surface area contributed by atoms with Crippen LogP contribution in [0.25, 0.3) is 0 Å². The summed E-state index contributed by atoms with van der Waals surface area (Å²) in [7, 11) is 0. The summed E-state index contributed by atoms with van der Waals surface area (Å²) in [5, 5.41) is 0. The van der Waals surface area contributed by atoms with E-state index in [0.29, 0.717) is 12.0 Å². The van der Waals surface area contributed by atoms with Crippen LogP contribution in [0.5, 0.6) is 0 Å². The van der Waals surface area contributed by atoms with Crippen molar-refractivity contribution in [2.45, 2.75) is 53.8 Å². The molecule has 0 N–H and O–H groups in total. The van der Waals surface area contributed by atoms with Gasteiger partial charge in [0, 0.05) is 6.85 Å². The Hall–Kier alpha value is -1.63. The van der Waals surface area contributed by atoms with E-state index in [9.17, 15) is 4.79 Å². The van der Waals surface area contributed by atoms with Crippen molar-refractivity contribution in [3.8, 4) is 0 Å². The van der Waals surface area contributed by atoms with Gasteiger partial charge in [0.1, 0.15) is 6.29 Å². The van der Waals surface area contributed by atoms with Gasteiger partial charge < -0.3 is 0 Å². The van der Waals surface area contributed by atoms with Gasteiger partial charge in [-0.1, -0.05) is 55.4 Å². The molecule has 1 nitrogen and oxygen atoms in total. The van der Waals surface area contributed by atoms with E-state index in [1.807, 2.05) is 52.0 Å². The summed E-state index contributed by atoms with van der Waals surface area (Å²) in [6.07, 6.45) is 10.2. The molecule has 1 aliphatic rings. The van der Waals surface area contributed by atoms with E-state index in [0.717, 1.165) is 17.4 Å². The first-order chi connectivity index (χ1) is 11.8. The predicted octanol–water partition coefficient (Wildman–Crippen LogP) is 5.72. The van der Waals surface area contributed by atoms with Crippen LogP contribution in [-0.2, 0) is 4.79 Å². The van der Waals surface area contributed by atoms with Gasteiger partial charge in [0.25, 0.3) is 0 Å². The fraction of sp³-hybridized carbons (Fsp3) is 0.450. The number of carbonyl (C=O) groups is 1. The fourth-order valence-corrected chi connectivity index (χ4v) is 2.16. The molecule has 1 heteroatoms. The van der Waals surface area contributed by atoms with Crippen LogP contribution in [0.2, 0.25) is 0 Å². The summed E-state index contributed by atoms with van der Waals surface area (Å²) < 4.78 is 39.8. The molecule has 0 amide bonds. The van der Waals surface area contributed by atoms with E-state index >= 15 is 0 Å². The normalized spacial score (nSPS) is 27.1. The van der Waals surface area contributed by atoms with Crippen molar-refractivity contribution < 1.29 is 11.6 Å². The zero-order chi connectivity index (χ0) is 20.2. The van der Waals surface area contributed by atoms with Crippen molar-refractivity contribution in [1.82, 2.24) is 0 Å². The molecule has 0 saturated heterocycles. The van der Waals surface area contributed by atoms with E-state index in [1.165, 1.54) is 6.08 Å². The van der Waals surface area contributed by atoms with Gasteiger partial charge in [0.2, 0.25) is 0 Å². The largest absolute Gasteiger partial charge is 0.299 e. The Labute approximate surface area is 136 Å². The number of hydrogen-bond acceptors (Lipinski definition) is 1. The third kappa shape index (κ3) is 5.71. The Balaban J connectivity index is 3.27. The van der Waals surface area contributed by atoms with Crippen LogP contribution < -0.4 is 0 Å². The van der Waals surface area contributed by atoms with Crippen molar-refractivity contribution >= 4 is 6.29 Å². The van der Waals surface area contributed by atoms with Crippen LogP contribution >= 0.6 is 0 Å². The Morgan fingerprint density at radius 3 is 2.62 bits per heavy atom. The Morgan fingerprint density at radius 2 is 1.95 bits per heavy atom. The highest BCUT2D eigenvalue weighted by molar-refractivity contribution is 5.66. The number of carbonyl (C=O) groups excluding carboxylic acids is 1. The SMILES string of the molecule is [2H]C([2H])([2H])C1=C(/C=C/C(C)=C/C=C\C(C)=C\C=O)C(C)(C)CCC1([2H])[2H]. The van der Waals surface area contributed by atoms with Crippen LogP contribution in [0.3, 0.4) is 0 Å². The fourth-order valence-electron chi connectivity index (χ4n) is 2.16. The molecule has 0 spiro atoms. The van der Waals surface area contributed by atoms with Gasteiger partial charge in [0.05, 0.1) is 0 Å². The number of aldehydes is 1. The van der Waals surface area contributed by atoms with Gasteiger partial charge in [-0.3, -0.25) is 4.79 Å². The van der Waals surface area contributed by atoms with Gasteiger partial charge in [-0.2, -0.15) is 0 Å². The Kier molecular flexibility index (Phi) is 4.18. The lowest BCUT2D eigenvalue weighted by molar-refractivity contribution is -0.104. The molecule has 0 aliphatic heterocycles. The Bertz CT molecular complexity index is 685. The zero-order valence-corrected chi connectivity index (χ0v) is 13.4. The van der Waals surface area contributed by atoms with Gasteiger partial charge >= 0.3 is 0 Å². The molecule has 1 aliphatic carbocycles. The second-order valence-electron chi connectivity index (χ2n) is 6.00. The molecule has 0 fully saturated rings. The minimum Gasteiger partial charge on any atom is -0.299 e. The lowest BCUT2D eigenvalue weighted by atomic mass is 9.72. The molecule has 0 aromatic rings. The van der Waals surface area contributed by atoms with Crippen molar-refractivity contribution in [3.63, 3.8) is 0 Å². The highest BCUT2D eigenvalue weighted by Crippen LogP contribution is 2.40. The molecule has 114 valence electrons. The average Bonchev–Trinajstić information content (AvgIpc) is 2.47. The zero-order valence-electron chi connectivity index (χ0n) is 18.4. The van der Waals surface area contributed by atoms with E-state index in [4.69, 9.17) is 6.85 Å². The van der Waals surface area contributed by atoms with E-state index < -0.39 is 18.6 Å². The summed E-state index contributed by atoms with van der Waals surface area (Å²) in [5.41, 5.74) is 1.82. The maximum atomic E-state index is 10.4. The molecular formula is C20H28O. The van der Waals surface area contributed by atoms with Crippen LogP contribution in [0.15, 0.2) is 58.7 Å². The van der Waals surface area contributed by atoms with Crippen LogP contribution in [0.1, 0.15) is 60.6 Å². The molecule has 0 bridgehead atoms. The first kappa shape index (κ1) is 11.0. The standard InChI is InChI=1S/C20H28O/c1-16(8-6-9-17(2)13-15-21)11-12-19-18(3)10-7-14-20(19,4)5/h6,8-9,11-13,15H,7,10,14H2,1-5H3/b9-6-,12-11+,16-8+,17-13+/i3D3,10D2. The highest BCUT2D eigenvalue weighted by Gasteiger charge is 2.26. The molecule has 21 heavy (non-hydrogen) atoms. The van der Waals surface area contributed by atoms with Gasteiger partial charge in [-0.15, -0.1) is 0 Å². The minimum absolute atomic E-state index is 0.0781. The van der Waals surface area contributed by atoms with Gasteiger partial charge in [-0.05, 0) is 62.6 Å². The quantitative estimate of drug-likeness (QED) is 0.359. The Morgan fingerprint density at radius 1 is 1.24 bits per heavy atom. The topological polar surface area (TPSA) is 17.1 Å². The molecule has 0 atom stereocenters. The highest BCUT2D eigenvalue weighted by atomic mass is 16.1. The van der Waals surface area contributed by atoms with E-state index in [1.54, 1.807) is 6.08 Å². The number of rotatable bonds is 5. The first-order valence-electron chi connectivity index (χ1n) is 9.72. The summed E-state index contributed by atoms with van der Waals surface area (Å²) >= 11 is 0. The van der Waals surface area contributed by atoms with Crippen LogP contribution in [-0.4, -0.2) is 6.29 Å². The summed E-state index contributed by atoms with van der Waals surface area (Å²) in [5.74, 6) is 0. The molecule has 1 rings (SSSR count). The van der Waals surface area contributed by atoms with Crippen molar-refractivity contribution in [2.75, 3.05) is 0 Å². The molecule has 0 aromatic carbocycles. The van der Waals surface area contributed by atoms with Crippen LogP contribution in [0, 0.1) is 5.41 Å². The first-order valence-corrected chi connectivity index (χ1v) is 7.22. The minimum atomic E-state index is -2.46. The van der Waals surface area contributed by atoms with E-state index in [-0.39, 0.29) is 12.0 Å². The second-order valence-corrected chi connectivity index (χ2v) is 6.00. The monoisotopic (exact) mass is 289 g/mol. The third-order valence-electron chi connectivity index (χ3n) is 3.61. The lowest BCUT2D eigenvalue weighted by Crippen LogP contribution is -2.19. The predicted molar refractivity (Wildman–Crippen MR) is 92.2 cm³/mol. The smallest absolute Gasteiger partial charge is 0.143 e. The average molecular weight is 289 g/mol. The summed E-state index contributed by atoms with van der Waals surface area (Å²) in [4.78, 5) is 10.4. The molecule has 0 radical (unpaired) electrons. The summed E-state index contributed by atoms with van der Waals surface area (Å²) in [6, 6.07) is 0. The second kappa shape index (κ2) is 7.97. The number of hydrogen-bond donors (Lipinski definition) is 0. The van der Waals surface area contributed by atoms with E-state index in [2.05, 4.69) is 0 Å². The van der Waals surface area contributed by atoms with Crippen molar-refractivity contribution in [3.05, 3.63) is 58.7 Å². The molecule has 0 saturated carbocycles. The molecular weight excluding hydrogens is 256 g/mol. The maximum Gasteiger partial charge on any atom is 0.143 e. The van der Waals surface area contributed by atoms with Crippen molar-refractivity contribution in [2.24, 2.45) is 5.41 Å². The molecule has 0 unspecified atom stereocenters. The molecule has 0 aromatic heterocycles. The van der Waals surface area contributed by atoms with Gasteiger partial charge in [-0.25, -0.2) is 0 Å².